The predicted octanol–water partition coefficient (Wildman–Crippen LogP) is 17.1. The smallest absolute Gasteiger partial charge is 0.0466 e. The van der Waals surface area contributed by atoms with Crippen molar-refractivity contribution in [1.29, 1.82) is 0 Å². The number of hydrogen-bond acceptors (Lipinski definition) is 2. The van der Waals surface area contributed by atoms with Crippen LogP contribution in [0.2, 0.25) is 0 Å². The number of anilines is 6. The number of hydrogen-bond donors (Lipinski definition) is 0. The van der Waals surface area contributed by atoms with Crippen LogP contribution in [0.5, 0.6) is 0 Å². The van der Waals surface area contributed by atoms with Gasteiger partial charge in [0.05, 0.1) is 0 Å². The van der Waals surface area contributed by atoms with Gasteiger partial charge in [-0.25, -0.2) is 0 Å². The molecule has 0 aliphatic carbocycles. The molecule has 0 amide bonds. The highest BCUT2D eigenvalue weighted by molar-refractivity contribution is 5.97. The average Bonchev–Trinajstić information content (AvgIpc) is 3.33. The van der Waals surface area contributed by atoms with Gasteiger partial charge in [-0.1, -0.05) is 170 Å². The number of benzene rings is 10. The molecule has 0 aliphatic heterocycles. The van der Waals surface area contributed by atoms with Crippen molar-refractivity contribution < 1.29 is 0 Å². The normalized spacial score (nSPS) is 11.1. The molecule has 0 heterocycles. The fraction of sp³-hybridized carbons (Fsp3) is 0.0333. The fourth-order valence-corrected chi connectivity index (χ4v) is 8.71. The topological polar surface area (TPSA) is 6.48 Å². The first-order valence-corrected chi connectivity index (χ1v) is 21.3. The van der Waals surface area contributed by atoms with E-state index in [-0.39, 0.29) is 0 Å². The zero-order chi connectivity index (χ0) is 41.8. The van der Waals surface area contributed by atoms with Crippen LogP contribution < -0.4 is 9.80 Å². The minimum absolute atomic E-state index is 1.09. The zero-order valence-corrected chi connectivity index (χ0v) is 35.0. The number of aryl methyl sites for hydroxylation is 2. The Balaban J connectivity index is 0.972. The molecule has 296 valence electrons. The molecular weight excluding hydrogens is 749 g/mol. The molecule has 10 aromatic rings. The Kier molecular flexibility index (Phi) is 10.5. The van der Waals surface area contributed by atoms with Crippen LogP contribution in [0.4, 0.5) is 34.1 Å². The third-order valence-electron chi connectivity index (χ3n) is 11.7. The molecule has 0 saturated heterocycles. The molecule has 0 aliphatic rings. The largest absolute Gasteiger partial charge is 0.311 e. The van der Waals surface area contributed by atoms with Crippen molar-refractivity contribution in [3.05, 3.63) is 254 Å². The van der Waals surface area contributed by atoms with E-state index in [1.54, 1.807) is 0 Å². The molecule has 0 spiro atoms. The van der Waals surface area contributed by atoms with E-state index in [4.69, 9.17) is 0 Å². The van der Waals surface area contributed by atoms with Crippen LogP contribution in [0.3, 0.4) is 0 Å². The summed E-state index contributed by atoms with van der Waals surface area (Å²) in [6.45, 7) is 4.34. The molecule has 0 fully saturated rings. The lowest BCUT2D eigenvalue weighted by Crippen LogP contribution is -2.10. The van der Waals surface area contributed by atoms with E-state index >= 15 is 0 Å². The van der Waals surface area contributed by atoms with Crippen LogP contribution in [-0.4, -0.2) is 0 Å². The third-order valence-corrected chi connectivity index (χ3v) is 11.7. The highest BCUT2D eigenvalue weighted by Crippen LogP contribution is 2.40. The van der Waals surface area contributed by atoms with Gasteiger partial charge in [0.1, 0.15) is 0 Å². The molecule has 10 aromatic carbocycles. The van der Waals surface area contributed by atoms with Crippen molar-refractivity contribution in [1.82, 2.24) is 0 Å². The molecule has 0 saturated carbocycles. The summed E-state index contributed by atoms with van der Waals surface area (Å²) in [6.07, 6.45) is 0. The van der Waals surface area contributed by atoms with Gasteiger partial charge >= 0.3 is 0 Å². The maximum atomic E-state index is 2.36. The van der Waals surface area contributed by atoms with Crippen LogP contribution in [0, 0.1) is 13.8 Å². The van der Waals surface area contributed by atoms with Gasteiger partial charge in [-0.2, -0.15) is 0 Å². The molecule has 2 heteroatoms. The predicted molar refractivity (Wildman–Crippen MR) is 265 cm³/mol. The van der Waals surface area contributed by atoms with Crippen molar-refractivity contribution in [2.24, 2.45) is 0 Å². The third kappa shape index (κ3) is 7.90. The van der Waals surface area contributed by atoms with Crippen molar-refractivity contribution in [3.8, 4) is 44.5 Å². The zero-order valence-electron chi connectivity index (χ0n) is 35.0. The first-order chi connectivity index (χ1) is 30.5. The fourth-order valence-electron chi connectivity index (χ4n) is 8.71. The summed E-state index contributed by atoms with van der Waals surface area (Å²) < 4.78 is 0. The van der Waals surface area contributed by atoms with E-state index in [0.717, 1.165) is 39.7 Å². The van der Waals surface area contributed by atoms with Crippen molar-refractivity contribution in [2.45, 2.75) is 13.8 Å². The molecule has 0 atom stereocenters. The highest BCUT2D eigenvalue weighted by atomic mass is 15.1. The summed E-state index contributed by atoms with van der Waals surface area (Å²) in [7, 11) is 0. The maximum Gasteiger partial charge on any atom is 0.0466 e. The lowest BCUT2D eigenvalue weighted by molar-refractivity contribution is 1.25. The van der Waals surface area contributed by atoms with Gasteiger partial charge in [-0.3, -0.25) is 0 Å². The SMILES string of the molecule is Cc1cc(C)cc(N(c2ccc(-c3ccccc3)cc2)c2ccc(-c3ccc(N(c4ccc(-c5ccccc5)cc4)c4ccc(-c5cccc6ccccc56)cc4)cc3)cc2)c1. The van der Waals surface area contributed by atoms with Gasteiger partial charge in [-0.05, 0) is 153 Å². The molecule has 10 rings (SSSR count). The Labute approximate surface area is 365 Å². The summed E-state index contributed by atoms with van der Waals surface area (Å²) >= 11 is 0. The first-order valence-electron chi connectivity index (χ1n) is 21.3. The van der Waals surface area contributed by atoms with Crippen molar-refractivity contribution in [3.63, 3.8) is 0 Å². The van der Waals surface area contributed by atoms with E-state index in [0.29, 0.717) is 0 Å². The van der Waals surface area contributed by atoms with Crippen molar-refractivity contribution >= 4 is 44.9 Å². The second-order valence-corrected chi connectivity index (χ2v) is 16.0. The molecule has 2 nitrogen and oxygen atoms in total. The van der Waals surface area contributed by atoms with Gasteiger partial charge < -0.3 is 9.80 Å². The molecule has 0 aromatic heterocycles. The first kappa shape index (κ1) is 38.3. The molecule has 62 heavy (non-hydrogen) atoms. The monoisotopic (exact) mass is 794 g/mol. The quantitative estimate of drug-likeness (QED) is 0.136. The Morgan fingerprint density at radius 3 is 0.984 bits per heavy atom. The van der Waals surface area contributed by atoms with E-state index in [2.05, 4.69) is 266 Å². The van der Waals surface area contributed by atoms with Crippen LogP contribution in [0.15, 0.2) is 243 Å². The molecule has 0 bridgehead atoms. The maximum absolute atomic E-state index is 2.36. The second-order valence-electron chi connectivity index (χ2n) is 16.0. The van der Waals surface area contributed by atoms with Gasteiger partial charge in [-0.15, -0.1) is 0 Å². The Morgan fingerprint density at radius 2 is 0.565 bits per heavy atom. The van der Waals surface area contributed by atoms with Crippen LogP contribution >= 0.6 is 0 Å². The molecule has 0 N–H and O–H groups in total. The highest BCUT2D eigenvalue weighted by Gasteiger charge is 2.17. The van der Waals surface area contributed by atoms with Crippen molar-refractivity contribution in [2.75, 3.05) is 9.80 Å². The molecular formula is C60H46N2. The lowest BCUT2D eigenvalue weighted by atomic mass is 9.98. The van der Waals surface area contributed by atoms with E-state index in [9.17, 15) is 0 Å². The van der Waals surface area contributed by atoms with Gasteiger partial charge in [0.15, 0.2) is 0 Å². The number of nitrogens with zero attached hydrogens (tertiary/aromatic N) is 2. The Morgan fingerprint density at radius 1 is 0.242 bits per heavy atom. The Bertz CT molecular complexity index is 3060. The van der Waals surface area contributed by atoms with Gasteiger partial charge in [0.25, 0.3) is 0 Å². The van der Waals surface area contributed by atoms with E-state index < -0.39 is 0 Å². The van der Waals surface area contributed by atoms with Crippen LogP contribution in [0.1, 0.15) is 11.1 Å². The summed E-state index contributed by atoms with van der Waals surface area (Å²) in [5.41, 5.74) is 18.7. The minimum Gasteiger partial charge on any atom is -0.311 e. The summed E-state index contributed by atoms with van der Waals surface area (Å²) in [5, 5.41) is 2.51. The van der Waals surface area contributed by atoms with E-state index in [1.165, 1.54) is 60.8 Å². The Hall–Kier alpha value is -7.94. The second kappa shape index (κ2) is 17.0. The minimum atomic E-state index is 1.09. The number of rotatable bonds is 10. The van der Waals surface area contributed by atoms with Gasteiger partial charge in [0.2, 0.25) is 0 Å². The van der Waals surface area contributed by atoms with Crippen LogP contribution in [-0.2, 0) is 0 Å². The summed E-state index contributed by atoms with van der Waals surface area (Å²) in [5.74, 6) is 0. The molecule has 0 unspecified atom stereocenters. The summed E-state index contributed by atoms with van der Waals surface area (Å²) in [4.78, 5) is 4.70. The molecule has 0 radical (unpaired) electrons. The van der Waals surface area contributed by atoms with Gasteiger partial charge in [0, 0.05) is 34.1 Å². The summed E-state index contributed by atoms with van der Waals surface area (Å²) in [6, 6.07) is 87.7. The lowest BCUT2D eigenvalue weighted by Gasteiger charge is -2.27. The number of fused-ring (bicyclic) bond motifs is 1. The average molecular weight is 795 g/mol. The van der Waals surface area contributed by atoms with E-state index in [1.807, 2.05) is 0 Å². The standard InChI is InChI=1S/C60H46N2/c1-43-40-44(2)42-58(41-43)62(56-34-22-48(23-35-56)46-14-7-4-8-15-46)57-36-26-50(27-37-57)49-24-32-54(33-25-49)61(53-30-20-47(21-31-53)45-12-5-3-6-13-45)55-38-28-52(29-39-55)60-19-11-17-51-16-9-10-18-59(51)60/h3-42H,1-2H3. The van der Waals surface area contributed by atoms with Crippen LogP contribution in [0.25, 0.3) is 55.3 Å².